The standard InChI is InChI=1S/C21H20N4O2S/c1-12-7-8-17-18(26)10-15(22-19(17)13(12)2)11-28-21-23-20(24-25-21)14-5-4-6-16(9-14)27-3/h4-9H,10-11H2,1-3H3,(H,23,24,25). The zero-order valence-electron chi connectivity index (χ0n) is 15.9. The van der Waals surface area contributed by atoms with E-state index in [0.29, 0.717) is 23.2 Å². The number of aryl methyl sites for hydroxylation is 1. The summed E-state index contributed by atoms with van der Waals surface area (Å²) in [6, 6.07) is 11.5. The predicted octanol–water partition coefficient (Wildman–Crippen LogP) is 4.55. The Hall–Kier alpha value is -2.93. The van der Waals surface area contributed by atoms with Gasteiger partial charge in [-0.3, -0.25) is 14.9 Å². The van der Waals surface area contributed by atoms with Crippen molar-refractivity contribution in [1.29, 1.82) is 0 Å². The Balaban J connectivity index is 1.51. The Bertz CT molecular complexity index is 1090. The van der Waals surface area contributed by atoms with Gasteiger partial charge in [0.25, 0.3) is 0 Å². The van der Waals surface area contributed by atoms with Crippen molar-refractivity contribution in [3.63, 3.8) is 0 Å². The molecule has 2 aromatic carbocycles. The Morgan fingerprint density at radius 1 is 1.21 bits per heavy atom. The first kappa shape index (κ1) is 18.4. The smallest absolute Gasteiger partial charge is 0.209 e. The predicted molar refractivity (Wildman–Crippen MR) is 111 cm³/mol. The lowest BCUT2D eigenvalue weighted by molar-refractivity contribution is 0.0999. The topological polar surface area (TPSA) is 80.2 Å². The highest BCUT2D eigenvalue weighted by molar-refractivity contribution is 7.99. The molecule has 0 aliphatic carbocycles. The number of hydrogen-bond acceptors (Lipinski definition) is 6. The summed E-state index contributed by atoms with van der Waals surface area (Å²) in [6.45, 7) is 4.04. The minimum atomic E-state index is 0.121. The number of fused-ring (bicyclic) bond motifs is 1. The summed E-state index contributed by atoms with van der Waals surface area (Å²) < 4.78 is 5.25. The number of aromatic nitrogens is 3. The largest absolute Gasteiger partial charge is 0.497 e. The van der Waals surface area contributed by atoms with Crippen LogP contribution in [0.2, 0.25) is 0 Å². The van der Waals surface area contributed by atoms with Gasteiger partial charge < -0.3 is 4.74 Å². The molecular weight excluding hydrogens is 372 g/mol. The minimum Gasteiger partial charge on any atom is -0.497 e. The molecule has 7 heteroatoms. The van der Waals surface area contributed by atoms with E-state index in [1.807, 2.05) is 50.2 Å². The molecule has 0 saturated carbocycles. The fraction of sp³-hybridized carbons (Fsp3) is 0.238. The molecule has 0 spiro atoms. The van der Waals surface area contributed by atoms with Crippen molar-refractivity contribution < 1.29 is 9.53 Å². The monoisotopic (exact) mass is 392 g/mol. The van der Waals surface area contributed by atoms with Crippen LogP contribution in [-0.2, 0) is 0 Å². The van der Waals surface area contributed by atoms with E-state index in [1.165, 1.54) is 11.8 Å². The molecule has 1 aliphatic rings. The van der Waals surface area contributed by atoms with E-state index in [1.54, 1.807) is 7.11 Å². The van der Waals surface area contributed by atoms with Gasteiger partial charge in [0.05, 0.1) is 19.2 Å². The average Bonchev–Trinajstić information content (AvgIpc) is 3.19. The summed E-state index contributed by atoms with van der Waals surface area (Å²) in [5.41, 5.74) is 5.48. The third-order valence-corrected chi connectivity index (χ3v) is 5.73. The highest BCUT2D eigenvalue weighted by atomic mass is 32.2. The number of methoxy groups -OCH3 is 1. The first-order chi connectivity index (χ1) is 13.5. The van der Waals surface area contributed by atoms with E-state index in [9.17, 15) is 4.79 Å². The lowest BCUT2D eigenvalue weighted by atomic mass is 9.95. The van der Waals surface area contributed by atoms with Crippen LogP contribution in [0, 0.1) is 13.8 Å². The lowest BCUT2D eigenvalue weighted by Gasteiger charge is -2.17. The van der Waals surface area contributed by atoms with E-state index in [2.05, 4.69) is 15.2 Å². The summed E-state index contributed by atoms with van der Waals surface area (Å²) in [5.74, 6) is 2.15. The van der Waals surface area contributed by atoms with Gasteiger partial charge in [-0.1, -0.05) is 30.0 Å². The Labute approximate surface area is 167 Å². The van der Waals surface area contributed by atoms with Gasteiger partial charge in [0.2, 0.25) is 5.16 Å². The fourth-order valence-corrected chi connectivity index (χ4v) is 3.82. The number of rotatable bonds is 5. The van der Waals surface area contributed by atoms with Crippen LogP contribution in [0.15, 0.2) is 46.5 Å². The van der Waals surface area contributed by atoms with Gasteiger partial charge in [0.1, 0.15) is 5.75 Å². The molecule has 2 heterocycles. The number of ether oxygens (including phenoxy) is 1. The van der Waals surface area contributed by atoms with Crippen molar-refractivity contribution in [2.45, 2.75) is 25.4 Å². The number of thioether (sulfide) groups is 1. The number of hydrogen-bond donors (Lipinski definition) is 1. The number of H-pyrrole nitrogens is 1. The van der Waals surface area contributed by atoms with Gasteiger partial charge in [-0.05, 0) is 43.2 Å². The quantitative estimate of drug-likeness (QED) is 0.645. The number of ketones is 1. The maximum absolute atomic E-state index is 12.5. The molecule has 0 unspecified atom stereocenters. The second-order valence-corrected chi connectivity index (χ2v) is 7.61. The third kappa shape index (κ3) is 3.57. The summed E-state index contributed by atoms with van der Waals surface area (Å²) >= 11 is 1.47. The zero-order valence-corrected chi connectivity index (χ0v) is 16.8. The van der Waals surface area contributed by atoms with Crippen LogP contribution >= 0.6 is 11.8 Å². The van der Waals surface area contributed by atoms with Crippen molar-refractivity contribution in [3.05, 3.63) is 53.1 Å². The zero-order chi connectivity index (χ0) is 19.7. The molecule has 142 valence electrons. The van der Waals surface area contributed by atoms with Crippen molar-refractivity contribution in [2.24, 2.45) is 4.99 Å². The van der Waals surface area contributed by atoms with E-state index in [0.717, 1.165) is 39.4 Å². The summed E-state index contributed by atoms with van der Waals surface area (Å²) in [6.07, 6.45) is 0.343. The molecule has 0 amide bonds. The van der Waals surface area contributed by atoms with Gasteiger partial charge in [0, 0.05) is 22.6 Å². The second-order valence-electron chi connectivity index (χ2n) is 6.67. The van der Waals surface area contributed by atoms with Crippen molar-refractivity contribution in [1.82, 2.24) is 15.2 Å². The maximum atomic E-state index is 12.5. The Morgan fingerprint density at radius 2 is 2.07 bits per heavy atom. The van der Waals surface area contributed by atoms with E-state index < -0.39 is 0 Å². The van der Waals surface area contributed by atoms with Gasteiger partial charge in [-0.15, -0.1) is 5.10 Å². The molecule has 1 aromatic heterocycles. The first-order valence-electron chi connectivity index (χ1n) is 8.94. The molecule has 1 aliphatic heterocycles. The minimum absolute atomic E-state index is 0.121. The van der Waals surface area contributed by atoms with Crippen molar-refractivity contribution >= 4 is 28.9 Å². The molecule has 28 heavy (non-hydrogen) atoms. The first-order valence-corrected chi connectivity index (χ1v) is 9.93. The van der Waals surface area contributed by atoms with Crippen LogP contribution in [-0.4, -0.2) is 39.5 Å². The number of carbonyl (C=O) groups excluding carboxylic acids is 1. The van der Waals surface area contributed by atoms with Gasteiger partial charge >= 0.3 is 0 Å². The van der Waals surface area contributed by atoms with Gasteiger partial charge in [-0.2, -0.15) is 0 Å². The maximum Gasteiger partial charge on any atom is 0.209 e. The van der Waals surface area contributed by atoms with E-state index >= 15 is 0 Å². The molecule has 3 aromatic rings. The molecule has 6 nitrogen and oxygen atoms in total. The molecule has 0 saturated heterocycles. The number of Topliss-reactive ketones (excluding diaryl/α,β-unsaturated/α-hetero) is 1. The highest BCUT2D eigenvalue weighted by Gasteiger charge is 2.22. The average molecular weight is 392 g/mol. The Kier molecular flexibility index (Phi) is 5.00. The van der Waals surface area contributed by atoms with Crippen LogP contribution in [0.5, 0.6) is 5.75 Å². The summed E-state index contributed by atoms with van der Waals surface area (Å²) in [5, 5.41) is 7.86. The van der Waals surface area contributed by atoms with Crippen molar-refractivity contribution in [2.75, 3.05) is 12.9 Å². The number of carbonyl (C=O) groups is 1. The number of benzene rings is 2. The Morgan fingerprint density at radius 3 is 2.89 bits per heavy atom. The van der Waals surface area contributed by atoms with Crippen LogP contribution in [0.4, 0.5) is 5.69 Å². The molecular formula is C21H20N4O2S. The van der Waals surface area contributed by atoms with Crippen LogP contribution < -0.4 is 4.74 Å². The summed E-state index contributed by atoms with van der Waals surface area (Å²) in [7, 11) is 1.63. The van der Waals surface area contributed by atoms with Crippen molar-refractivity contribution in [3.8, 4) is 17.1 Å². The summed E-state index contributed by atoms with van der Waals surface area (Å²) in [4.78, 5) is 21.8. The number of nitrogens with one attached hydrogen (secondary N) is 1. The molecule has 0 radical (unpaired) electrons. The van der Waals surface area contributed by atoms with Crippen LogP contribution in [0.1, 0.15) is 27.9 Å². The van der Waals surface area contributed by atoms with E-state index in [4.69, 9.17) is 9.73 Å². The van der Waals surface area contributed by atoms with E-state index in [-0.39, 0.29) is 5.78 Å². The normalized spacial score (nSPS) is 13.2. The third-order valence-electron chi connectivity index (χ3n) is 4.81. The number of nitrogens with zero attached hydrogens (tertiary/aromatic N) is 3. The second kappa shape index (κ2) is 7.59. The highest BCUT2D eigenvalue weighted by Crippen LogP contribution is 2.32. The lowest BCUT2D eigenvalue weighted by Crippen LogP contribution is -2.16. The molecule has 1 N–H and O–H groups in total. The van der Waals surface area contributed by atoms with Gasteiger partial charge in [0.15, 0.2) is 11.6 Å². The number of aliphatic imine (C=N–C) groups is 1. The van der Waals surface area contributed by atoms with Crippen LogP contribution in [0.25, 0.3) is 11.4 Å². The molecule has 0 fully saturated rings. The number of aromatic amines is 1. The molecule has 4 rings (SSSR count). The molecule has 0 bridgehead atoms. The fourth-order valence-electron chi connectivity index (χ4n) is 3.09. The SMILES string of the molecule is COc1cccc(-c2nc(SCC3=Nc4c(ccc(C)c4C)C(=O)C3)n[nH]2)c1. The molecule has 0 atom stereocenters. The van der Waals surface area contributed by atoms with Crippen LogP contribution in [0.3, 0.4) is 0 Å². The van der Waals surface area contributed by atoms with Gasteiger partial charge in [-0.25, -0.2) is 4.98 Å².